The average molecular weight is 1090 g/mol. The maximum Gasteiger partial charge on any atom is 0.335 e. The Kier molecular flexibility index (Phi) is 49.2. The molecule has 3 N–H and O–H groups in total. The molecule has 77 heavy (non-hydrogen) atoms. The molecule has 6 atom stereocenters. The number of aliphatic hydroxyl groups is 2. The molecule has 1 rings (SSSR count). The highest BCUT2D eigenvalue weighted by Crippen LogP contribution is 2.26. The number of hydrogen-bond donors (Lipinski definition) is 3. The van der Waals surface area contributed by atoms with Crippen LogP contribution in [-0.2, 0) is 42.9 Å². The fourth-order valence-corrected chi connectivity index (χ4v) is 9.34. The van der Waals surface area contributed by atoms with Gasteiger partial charge in [-0.05, 0) is 64.2 Å². The van der Waals surface area contributed by atoms with Crippen LogP contribution in [0.15, 0.2) is 60.8 Å². The molecule has 0 aromatic rings. The molecule has 1 heterocycles. The summed E-state index contributed by atoms with van der Waals surface area (Å²) in [6, 6.07) is 0. The van der Waals surface area contributed by atoms with E-state index in [2.05, 4.69) is 81.5 Å². The van der Waals surface area contributed by atoms with Crippen LogP contribution in [0.2, 0.25) is 0 Å². The van der Waals surface area contributed by atoms with Crippen molar-refractivity contribution in [2.45, 2.75) is 314 Å². The normalized spacial score (nSPS) is 18.4. The van der Waals surface area contributed by atoms with Crippen LogP contribution >= 0.6 is 0 Å². The second-order valence-corrected chi connectivity index (χ2v) is 21.3. The number of unbranched alkanes of at least 4 members (excludes halogenated alkanes) is 29. The number of allylic oxidation sites excluding steroid dienone is 10. The summed E-state index contributed by atoms with van der Waals surface area (Å²) in [7, 11) is 0. The first-order valence-corrected chi connectivity index (χ1v) is 31.3. The summed E-state index contributed by atoms with van der Waals surface area (Å²) in [5.74, 6) is -3.14. The number of carbonyl (C=O) groups is 4. The molecule has 0 aromatic heterocycles. The summed E-state index contributed by atoms with van der Waals surface area (Å²) in [5.41, 5.74) is 0. The van der Waals surface area contributed by atoms with Gasteiger partial charge in [0.1, 0.15) is 18.8 Å². The van der Waals surface area contributed by atoms with Gasteiger partial charge in [0.15, 0.2) is 24.6 Å². The number of carbonyl (C=O) groups excluding carboxylic acids is 3. The summed E-state index contributed by atoms with van der Waals surface area (Å²) in [6.45, 7) is 5.89. The van der Waals surface area contributed by atoms with Gasteiger partial charge in [-0.25, -0.2) is 4.79 Å². The summed E-state index contributed by atoms with van der Waals surface area (Å²) in [6.07, 6.45) is 53.2. The van der Waals surface area contributed by atoms with Crippen LogP contribution < -0.4 is 0 Å². The van der Waals surface area contributed by atoms with Gasteiger partial charge in [-0.2, -0.15) is 0 Å². The number of ether oxygens (including phenoxy) is 5. The van der Waals surface area contributed by atoms with E-state index in [1.807, 2.05) is 0 Å². The predicted molar refractivity (Wildman–Crippen MR) is 312 cm³/mol. The molecule has 1 fully saturated rings. The number of carboxylic acids is 1. The van der Waals surface area contributed by atoms with Crippen LogP contribution in [0, 0.1) is 0 Å². The minimum atomic E-state index is -1.91. The van der Waals surface area contributed by atoms with Gasteiger partial charge >= 0.3 is 23.9 Å². The Morgan fingerprint density at radius 3 is 1.25 bits per heavy atom. The molecule has 1 aliphatic rings. The van der Waals surface area contributed by atoms with E-state index >= 15 is 0 Å². The number of aliphatic hydroxyl groups excluding tert-OH is 2. The Hall–Kier alpha value is -3.58. The number of esters is 3. The average Bonchev–Trinajstić information content (AvgIpc) is 3.42. The van der Waals surface area contributed by atoms with E-state index in [1.165, 1.54) is 128 Å². The van der Waals surface area contributed by atoms with Gasteiger partial charge in [0.05, 0.1) is 6.61 Å². The van der Waals surface area contributed by atoms with E-state index in [0.29, 0.717) is 19.3 Å². The molecule has 0 bridgehead atoms. The van der Waals surface area contributed by atoms with E-state index in [-0.39, 0.29) is 25.9 Å². The summed E-state index contributed by atoms with van der Waals surface area (Å²) in [4.78, 5) is 51.2. The highest BCUT2D eigenvalue weighted by atomic mass is 16.7. The van der Waals surface area contributed by atoms with Gasteiger partial charge in [-0.3, -0.25) is 14.4 Å². The molecule has 1 saturated heterocycles. The molecule has 0 aromatic carbocycles. The first-order valence-electron chi connectivity index (χ1n) is 31.3. The van der Waals surface area contributed by atoms with Gasteiger partial charge in [0.25, 0.3) is 0 Å². The van der Waals surface area contributed by atoms with Crippen molar-refractivity contribution >= 4 is 23.9 Å². The molecule has 0 radical (unpaired) electrons. The minimum Gasteiger partial charge on any atom is -0.479 e. The molecule has 12 heteroatoms. The SMILES string of the molecule is CC/C=C\C/C=C\C/C=C\C/C=C\C/C=C\CCCCCC(=O)OC1C(OCC(COC(=O)CCCCCCCCCCCCCCCCC)OC(=O)CCCCCCCCCCCCCCC)OC(C(=O)O)C(O)C1O. The van der Waals surface area contributed by atoms with Crippen LogP contribution in [0.25, 0.3) is 0 Å². The van der Waals surface area contributed by atoms with E-state index in [0.717, 1.165) is 89.9 Å². The van der Waals surface area contributed by atoms with Gasteiger partial charge in [-0.1, -0.05) is 255 Å². The quantitative estimate of drug-likeness (QED) is 0.0228. The van der Waals surface area contributed by atoms with Crippen molar-refractivity contribution in [1.29, 1.82) is 0 Å². The third-order valence-corrected chi connectivity index (χ3v) is 14.1. The fraction of sp³-hybridized carbons (Fsp3) is 0.785. The third kappa shape index (κ3) is 43.0. The minimum absolute atomic E-state index is 0.0226. The molecule has 1 aliphatic heterocycles. The lowest BCUT2D eigenvalue weighted by Gasteiger charge is -2.40. The lowest BCUT2D eigenvalue weighted by molar-refractivity contribution is -0.301. The lowest BCUT2D eigenvalue weighted by atomic mass is 9.98. The van der Waals surface area contributed by atoms with Crippen LogP contribution in [0.1, 0.15) is 278 Å². The number of aliphatic carboxylic acids is 1. The Balaban J connectivity index is 2.68. The molecule has 12 nitrogen and oxygen atoms in total. The van der Waals surface area contributed by atoms with Gasteiger partial charge < -0.3 is 39.0 Å². The zero-order valence-corrected chi connectivity index (χ0v) is 49.0. The highest BCUT2D eigenvalue weighted by molar-refractivity contribution is 5.74. The number of rotatable bonds is 53. The third-order valence-electron chi connectivity index (χ3n) is 14.1. The highest BCUT2D eigenvalue weighted by Gasteiger charge is 2.50. The van der Waals surface area contributed by atoms with E-state index in [1.54, 1.807) is 0 Å². The Labute approximate surface area is 468 Å². The monoisotopic (exact) mass is 1080 g/mol. The van der Waals surface area contributed by atoms with Gasteiger partial charge in [-0.15, -0.1) is 0 Å². The number of hydrogen-bond acceptors (Lipinski definition) is 11. The Morgan fingerprint density at radius 2 is 0.818 bits per heavy atom. The molecule has 0 amide bonds. The predicted octanol–water partition coefficient (Wildman–Crippen LogP) is 16.3. The van der Waals surface area contributed by atoms with E-state index in [9.17, 15) is 34.5 Å². The first-order chi connectivity index (χ1) is 37.6. The van der Waals surface area contributed by atoms with Crippen molar-refractivity contribution in [2.75, 3.05) is 13.2 Å². The second kappa shape index (κ2) is 53.1. The van der Waals surface area contributed by atoms with E-state index in [4.69, 9.17) is 23.7 Å². The maximum absolute atomic E-state index is 13.2. The molecule has 0 spiro atoms. The first kappa shape index (κ1) is 71.4. The molecule has 6 unspecified atom stereocenters. The molecule has 0 saturated carbocycles. The fourth-order valence-electron chi connectivity index (χ4n) is 9.34. The standard InChI is InChI=1S/C65H112O12/c1-4-7-10-13-16-19-22-25-27-28-29-30-32-35-38-41-44-47-50-53-59(68)76-63-61(70)60(69)62(64(71)72)77-65(63)74-55-56(75-58(67)52-49-46-43-40-37-33-24-21-18-15-12-9-6-3)54-73-57(66)51-48-45-42-39-36-34-31-26-23-20-17-14-11-8-5-2/h7,10,16,19,25,27,29-30,35,38,56,60-63,65,69-70H,4-6,8-9,11-15,17-18,20-24,26,28,31-34,36-37,39-55H2,1-3H3,(H,71,72)/b10-7-,19-16-,27-25-,30-29-,38-35-. The molecule has 0 aliphatic carbocycles. The molecule has 444 valence electrons. The second-order valence-electron chi connectivity index (χ2n) is 21.3. The Morgan fingerprint density at radius 1 is 0.442 bits per heavy atom. The van der Waals surface area contributed by atoms with Gasteiger partial charge in [0, 0.05) is 19.3 Å². The van der Waals surface area contributed by atoms with Crippen LogP contribution in [-0.4, -0.2) is 89.2 Å². The largest absolute Gasteiger partial charge is 0.479 e. The number of carboxylic acid groups (broad SMARTS) is 1. The van der Waals surface area contributed by atoms with Crippen molar-refractivity contribution in [1.82, 2.24) is 0 Å². The molecular weight excluding hydrogens is 973 g/mol. The van der Waals surface area contributed by atoms with Crippen LogP contribution in [0.5, 0.6) is 0 Å². The molecular formula is C65H112O12. The zero-order valence-electron chi connectivity index (χ0n) is 49.0. The van der Waals surface area contributed by atoms with Crippen molar-refractivity contribution < 1.29 is 58.2 Å². The van der Waals surface area contributed by atoms with Crippen molar-refractivity contribution in [3.8, 4) is 0 Å². The zero-order chi connectivity index (χ0) is 56.1. The summed E-state index contributed by atoms with van der Waals surface area (Å²) in [5, 5.41) is 31.5. The van der Waals surface area contributed by atoms with Crippen LogP contribution in [0.4, 0.5) is 0 Å². The Bertz CT molecular complexity index is 1570. The lowest BCUT2D eigenvalue weighted by Crippen LogP contribution is -2.61. The maximum atomic E-state index is 13.2. The topological polar surface area (TPSA) is 175 Å². The van der Waals surface area contributed by atoms with Gasteiger partial charge in [0.2, 0.25) is 0 Å². The summed E-state index contributed by atoms with van der Waals surface area (Å²) >= 11 is 0. The van der Waals surface area contributed by atoms with Crippen molar-refractivity contribution in [3.05, 3.63) is 60.8 Å². The van der Waals surface area contributed by atoms with Crippen molar-refractivity contribution in [2.24, 2.45) is 0 Å². The summed E-state index contributed by atoms with van der Waals surface area (Å²) < 4.78 is 28.5. The van der Waals surface area contributed by atoms with Crippen LogP contribution in [0.3, 0.4) is 0 Å². The van der Waals surface area contributed by atoms with E-state index < -0.39 is 67.3 Å². The van der Waals surface area contributed by atoms with Crippen molar-refractivity contribution in [3.63, 3.8) is 0 Å². The smallest absolute Gasteiger partial charge is 0.335 e.